The fourth-order valence-electron chi connectivity index (χ4n) is 2.48. The summed E-state index contributed by atoms with van der Waals surface area (Å²) in [6.45, 7) is 2.18. The maximum atomic E-state index is 13.1. The molecule has 2 rings (SSSR count). The lowest BCUT2D eigenvalue weighted by atomic mass is 9.89. The average Bonchev–Trinajstić information content (AvgIpc) is 2.62. The van der Waals surface area contributed by atoms with Crippen LogP contribution in [-0.4, -0.2) is 4.98 Å². The zero-order valence-electron chi connectivity index (χ0n) is 9.04. The summed E-state index contributed by atoms with van der Waals surface area (Å²) in [7, 11) is 0. The molecule has 1 heterocycles. The van der Waals surface area contributed by atoms with E-state index in [9.17, 15) is 4.39 Å². The lowest BCUT2D eigenvalue weighted by Crippen LogP contribution is -2.33. The van der Waals surface area contributed by atoms with Crippen molar-refractivity contribution >= 4 is 0 Å². The Morgan fingerprint density at radius 2 is 2.40 bits per heavy atom. The maximum absolute atomic E-state index is 13.1. The van der Waals surface area contributed by atoms with Crippen LogP contribution in [0.5, 0.6) is 0 Å². The van der Waals surface area contributed by atoms with Gasteiger partial charge in [0.2, 0.25) is 0 Å². The molecule has 3 heteroatoms. The number of rotatable bonds is 2. The molecule has 82 valence electrons. The summed E-state index contributed by atoms with van der Waals surface area (Å²) >= 11 is 0. The molecule has 0 amide bonds. The highest BCUT2D eigenvalue weighted by molar-refractivity contribution is 5.22. The van der Waals surface area contributed by atoms with Crippen LogP contribution < -0.4 is 5.73 Å². The zero-order chi connectivity index (χ0) is 10.9. The van der Waals surface area contributed by atoms with E-state index in [2.05, 4.69) is 11.9 Å². The summed E-state index contributed by atoms with van der Waals surface area (Å²) in [5, 5.41) is 0. The van der Waals surface area contributed by atoms with E-state index in [1.54, 1.807) is 6.20 Å². The summed E-state index contributed by atoms with van der Waals surface area (Å²) in [5.41, 5.74) is 6.80. The second-order valence-corrected chi connectivity index (χ2v) is 4.57. The van der Waals surface area contributed by atoms with Crippen molar-refractivity contribution < 1.29 is 4.39 Å². The van der Waals surface area contributed by atoms with Crippen LogP contribution in [0.15, 0.2) is 18.5 Å². The van der Waals surface area contributed by atoms with Crippen molar-refractivity contribution in [1.82, 2.24) is 4.98 Å². The van der Waals surface area contributed by atoms with Crippen LogP contribution in [0.25, 0.3) is 0 Å². The SMILES string of the molecule is CCC1CCC(N)(c2cncc(F)c2)C1. The predicted molar refractivity (Wildman–Crippen MR) is 57.7 cm³/mol. The minimum Gasteiger partial charge on any atom is -0.321 e. The van der Waals surface area contributed by atoms with Gasteiger partial charge in [0.05, 0.1) is 6.20 Å². The molecule has 1 aromatic rings. The monoisotopic (exact) mass is 208 g/mol. The Hall–Kier alpha value is -0.960. The van der Waals surface area contributed by atoms with Gasteiger partial charge in [0.25, 0.3) is 0 Å². The van der Waals surface area contributed by atoms with Crippen molar-refractivity contribution in [2.24, 2.45) is 11.7 Å². The van der Waals surface area contributed by atoms with Crippen LogP contribution in [0.2, 0.25) is 0 Å². The highest BCUT2D eigenvalue weighted by Gasteiger charge is 2.36. The minimum absolute atomic E-state index is 0.294. The number of halogens is 1. The van der Waals surface area contributed by atoms with Crippen LogP contribution in [0.4, 0.5) is 4.39 Å². The fourth-order valence-corrected chi connectivity index (χ4v) is 2.48. The first-order chi connectivity index (χ1) is 7.14. The van der Waals surface area contributed by atoms with E-state index >= 15 is 0 Å². The summed E-state index contributed by atoms with van der Waals surface area (Å²) in [6, 6.07) is 1.52. The van der Waals surface area contributed by atoms with Gasteiger partial charge in [-0.3, -0.25) is 4.98 Å². The lowest BCUT2D eigenvalue weighted by molar-refractivity contribution is 0.420. The number of aromatic nitrogens is 1. The fraction of sp³-hybridized carbons (Fsp3) is 0.583. The molecule has 2 unspecified atom stereocenters. The number of hydrogen-bond donors (Lipinski definition) is 1. The summed E-state index contributed by atoms with van der Waals surface area (Å²) in [5.74, 6) is 0.385. The number of nitrogens with zero attached hydrogens (tertiary/aromatic N) is 1. The average molecular weight is 208 g/mol. The van der Waals surface area contributed by atoms with Gasteiger partial charge in [-0.05, 0) is 36.8 Å². The van der Waals surface area contributed by atoms with E-state index in [1.165, 1.54) is 12.3 Å². The topological polar surface area (TPSA) is 38.9 Å². The normalized spacial score (nSPS) is 30.7. The van der Waals surface area contributed by atoms with Crippen molar-refractivity contribution in [3.05, 3.63) is 29.8 Å². The Kier molecular flexibility index (Phi) is 2.74. The Bertz CT molecular complexity index is 353. The minimum atomic E-state index is -0.351. The molecule has 1 fully saturated rings. The molecule has 1 saturated carbocycles. The molecule has 0 saturated heterocycles. The van der Waals surface area contributed by atoms with Crippen LogP contribution in [0, 0.1) is 11.7 Å². The van der Waals surface area contributed by atoms with E-state index in [0.29, 0.717) is 5.92 Å². The third-order valence-electron chi connectivity index (χ3n) is 3.51. The molecule has 0 spiro atoms. The highest BCUT2D eigenvalue weighted by atomic mass is 19.1. The van der Waals surface area contributed by atoms with Gasteiger partial charge in [-0.2, -0.15) is 0 Å². The molecule has 0 aromatic carbocycles. The van der Waals surface area contributed by atoms with Crippen LogP contribution in [0.3, 0.4) is 0 Å². The van der Waals surface area contributed by atoms with Crippen LogP contribution in [0.1, 0.15) is 38.2 Å². The molecule has 0 radical (unpaired) electrons. The zero-order valence-corrected chi connectivity index (χ0v) is 9.04. The summed E-state index contributed by atoms with van der Waals surface area (Å²) < 4.78 is 13.1. The molecule has 0 bridgehead atoms. The molecule has 1 aromatic heterocycles. The van der Waals surface area contributed by atoms with Gasteiger partial charge in [0, 0.05) is 11.7 Å². The molecule has 2 atom stereocenters. The Morgan fingerprint density at radius 1 is 1.60 bits per heavy atom. The van der Waals surface area contributed by atoms with Gasteiger partial charge in [0.1, 0.15) is 5.82 Å². The smallest absolute Gasteiger partial charge is 0.141 e. The van der Waals surface area contributed by atoms with E-state index in [1.807, 2.05) is 0 Å². The Labute approximate surface area is 89.7 Å². The highest BCUT2D eigenvalue weighted by Crippen LogP contribution is 2.41. The second kappa shape index (κ2) is 3.89. The van der Waals surface area contributed by atoms with Crippen molar-refractivity contribution in [2.45, 2.75) is 38.1 Å². The third-order valence-corrected chi connectivity index (χ3v) is 3.51. The number of nitrogens with two attached hydrogens (primary N) is 1. The molecule has 1 aliphatic rings. The Balaban J connectivity index is 2.23. The number of pyridine rings is 1. The summed E-state index contributed by atoms with van der Waals surface area (Å²) in [6.07, 6.45) is 7.11. The van der Waals surface area contributed by atoms with Crippen molar-refractivity contribution in [1.29, 1.82) is 0 Å². The molecular weight excluding hydrogens is 191 g/mol. The molecule has 2 N–H and O–H groups in total. The third kappa shape index (κ3) is 2.02. The van der Waals surface area contributed by atoms with Gasteiger partial charge < -0.3 is 5.73 Å². The Morgan fingerprint density at radius 3 is 3.00 bits per heavy atom. The molecule has 0 aliphatic heterocycles. The van der Waals surface area contributed by atoms with Gasteiger partial charge in [-0.25, -0.2) is 4.39 Å². The quantitative estimate of drug-likeness (QED) is 0.811. The molecule has 15 heavy (non-hydrogen) atoms. The standard InChI is InChI=1S/C12H17FN2/c1-2-9-3-4-12(14,6-9)10-5-11(13)8-15-7-10/h5,7-9H,2-4,6,14H2,1H3. The first-order valence-electron chi connectivity index (χ1n) is 5.54. The lowest BCUT2D eigenvalue weighted by Gasteiger charge is -2.24. The van der Waals surface area contributed by atoms with E-state index < -0.39 is 0 Å². The number of hydrogen-bond acceptors (Lipinski definition) is 2. The van der Waals surface area contributed by atoms with E-state index in [4.69, 9.17) is 5.73 Å². The van der Waals surface area contributed by atoms with Gasteiger partial charge in [0.15, 0.2) is 0 Å². The molecule has 2 nitrogen and oxygen atoms in total. The van der Waals surface area contributed by atoms with Gasteiger partial charge in [-0.15, -0.1) is 0 Å². The maximum Gasteiger partial charge on any atom is 0.141 e. The second-order valence-electron chi connectivity index (χ2n) is 4.57. The molecular formula is C12H17FN2. The largest absolute Gasteiger partial charge is 0.321 e. The van der Waals surface area contributed by atoms with E-state index in [-0.39, 0.29) is 11.4 Å². The first kappa shape index (κ1) is 10.6. The molecule has 1 aliphatic carbocycles. The first-order valence-corrected chi connectivity index (χ1v) is 5.54. The van der Waals surface area contributed by atoms with Gasteiger partial charge in [-0.1, -0.05) is 13.3 Å². The predicted octanol–water partition coefficient (Wildman–Crippen LogP) is 2.58. The van der Waals surface area contributed by atoms with Crippen molar-refractivity contribution in [3.63, 3.8) is 0 Å². The summed E-state index contributed by atoms with van der Waals surface area (Å²) in [4.78, 5) is 3.87. The van der Waals surface area contributed by atoms with E-state index in [0.717, 1.165) is 31.2 Å². The van der Waals surface area contributed by atoms with Crippen molar-refractivity contribution in [3.8, 4) is 0 Å². The van der Waals surface area contributed by atoms with Crippen LogP contribution in [-0.2, 0) is 5.54 Å². The van der Waals surface area contributed by atoms with Crippen molar-refractivity contribution in [2.75, 3.05) is 0 Å². The van der Waals surface area contributed by atoms with Gasteiger partial charge >= 0.3 is 0 Å². The van der Waals surface area contributed by atoms with Crippen LogP contribution >= 0.6 is 0 Å².